The van der Waals surface area contributed by atoms with E-state index >= 15 is 0 Å². The fraction of sp³-hybridized carbons (Fsp3) is 0.429. The zero-order chi connectivity index (χ0) is 14.0. The van der Waals surface area contributed by atoms with Gasteiger partial charge < -0.3 is 10.6 Å². The molecular weight excluding hydrogens is 247 g/mol. The summed E-state index contributed by atoms with van der Waals surface area (Å²) in [6.45, 7) is 2.81. The molecule has 19 heavy (non-hydrogen) atoms. The quantitative estimate of drug-likeness (QED) is 0.882. The molecule has 0 aliphatic carbocycles. The SMILES string of the molecule is CC(=O)N1CCC(c2cc(F)ccc2C(N)=O)CC1. The largest absolute Gasteiger partial charge is 0.366 e. The fourth-order valence-electron chi connectivity index (χ4n) is 2.60. The standard InChI is InChI=1S/C14H17FN2O2/c1-9(18)17-6-4-10(5-7-17)13-8-11(15)2-3-12(13)14(16)19/h2-3,8,10H,4-7H2,1H3,(H2,16,19). The van der Waals surface area contributed by atoms with Gasteiger partial charge in [0.25, 0.3) is 0 Å². The van der Waals surface area contributed by atoms with Gasteiger partial charge in [0.2, 0.25) is 11.8 Å². The van der Waals surface area contributed by atoms with Crippen LogP contribution < -0.4 is 5.73 Å². The van der Waals surface area contributed by atoms with E-state index in [1.54, 1.807) is 4.90 Å². The van der Waals surface area contributed by atoms with Crippen LogP contribution in [0.3, 0.4) is 0 Å². The number of hydrogen-bond acceptors (Lipinski definition) is 2. The maximum Gasteiger partial charge on any atom is 0.248 e. The summed E-state index contributed by atoms with van der Waals surface area (Å²) in [6.07, 6.45) is 1.45. The van der Waals surface area contributed by atoms with Crippen LogP contribution in [0.4, 0.5) is 4.39 Å². The third kappa shape index (κ3) is 2.92. The number of benzene rings is 1. The van der Waals surface area contributed by atoms with Crippen molar-refractivity contribution >= 4 is 11.8 Å². The summed E-state index contributed by atoms with van der Waals surface area (Å²) < 4.78 is 13.4. The second kappa shape index (κ2) is 5.38. The predicted octanol–water partition coefficient (Wildman–Crippen LogP) is 1.65. The topological polar surface area (TPSA) is 63.4 Å². The number of likely N-dealkylation sites (tertiary alicyclic amines) is 1. The molecule has 102 valence electrons. The Hall–Kier alpha value is -1.91. The van der Waals surface area contributed by atoms with Crippen molar-refractivity contribution in [3.05, 3.63) is 35.1 Å². The van der Waals surface area contributed by atoms with Crippen molar-refractivity contribution in [2.45, 2.75) is 25.7 Å². The number of carbonyl (C=O) groups excluding carboxylic acids is 2. The van der Waals surface area contributed by atoms with Gasteiger partial charge in [-0.3, -0.25) is 9.59 Å². The molecule has 1 heterocycles. The average Bonchev–Trinajstić information content (AvgIpc) is 2.38. The first-order valence-corrected chi connectivity index (χ1v) is 6.34. The van der Waals surface area contributed by atoms with Gasteiger partial charge in [-0.1, -0.05) is 0 Å². The molecule has 1 fully saturated rings. The smallest absolute Gasteiger partial charge is 0.248 e. The van der Waals surface area contributed by atoms with Crippen LogP contribution in [0.5, 0.6) is 0 Å². The molecule has 1 aliphatic heterocycles. The summed E-state index contributed by atoms with van der Waals surface area (Å²) in [6, 6.07) is 4.06. The maximum atomic E-state index is 13.4. The Labute approximate surface area is 111 Å². The number of primary amides is 1. The Morgan fingerprint density at radius 1 is 1.32 bits per heavy atom. The lowest BCUT2D eigenvalue weighted by molar-refractivity contribution is -0.129. The lowest BCUT2D eigenvalue weighted by atomic mass is 9.86. The molecule has 5 heteroatoms. The van der Waals surface area contributed by atoms with Crippen LogP contribution in [0, 0.1) is 5.82 Å². The van der Waals surface area contributed by atoms with Gasteiger partial charge >= 0.3 is 0 Å². The van der Waals surface area contributed by atoms with E-state index in [0.29, 0.717) is 24.2 Å². The maximum absolute atomic E-state index is 13.4. The van der Waals surface area contributed by atoms with Gasteiger partial charge in [-0.25, -0.2) is 4.39 Å². The second-order valence-corrected chi connectivity index (χ2v) is 4.88. The summed E-state index contributed by atoms with van der Waals surface area (Å²) in [4.78, 5) is 24.4. The van der Waals surface area contributed by atoms with Crippen LogP contribution in [0.2, 0.25) is 0 Å². The van der Waals surface area contributed by atoms with Crippen LogP contribution in [-0.2, 0) is 4.79 Å². The van der Waals surface area contributed by atoms with Crippen molar-refractivity contribution in [2.24, 2.45) is 5.73 Å². The van der Waals surface area contributed by atoms with Crippen molar-refractivity contribution in [3.8, 4) is 0 Å². The number of rotatable bonds is 2. The number of nitrogens with two attached hydrogens (primary N) is 1. The Morgan fingerprint density at radius 2 is 1.95 bits per heavy atom. The Bertz CT molecular complexity index is 508. The molecule has 0 bridgehead atoms. The molecule has 1 aliphatic rings. The molecule has 1 aromatic carbocycles. The van der Waals surface area contributed by atoms with Crippen LogP contribution in [0.25, 0.3) is 0 Å². The molecule has 0 aromatic heterocycles. The number of carbonyl (C=O) groups is 2. The van der Waals surface area contributed by atoms with Crippen molar-refractivity contribution in [1.82, 2.24) is 4.90 Å². The van der Waals surface area contributed by atoms with Gasteiger partial charge in [0.05, 0.1) is 0 Å². The Kier molecular flexibility index (Phi) is 3.83. The fourth-order valence-corrected chi connectivity index (χ4v) is 2.60. The van der Waals surface area contributed by atoms with Crippen molar-refractivity contribution in [1.29, 1.82) is 0 Å². The van der Waals surface area contributed by atoms with E-state index in [4.69, 9.17) is 5.73 Å². The van der Waals surface area contributed by atoms with E-state index in [0.717, 1.165) is 12.8 Å². The molecule has 0 saturated carbocycles. The van der Waals surface area contributed by atoms with E-state index in [2.05, 4.69) is 0 Å². The molecule has 4 nitrogen and oxygen atoms in total. The van der Waals surface area contributed by atoms with Crippen LogP contribution >= 0.6 is 0 Å². The Morgan fingerprint density at radius 3 is 2.47 bits per heavy atom. The summed E-state index contributed by atoms with van der Waals surface area (Å²) in [5.74, 6) is -0.778. The minimum absolute atomic E-state index is 0.0489. The summed E-state index contributed by atoms with van der Waals surface area (Å²) in [5, 5.41) is 0. The van der Waals surface area contributed by atoms with Crippen molar-refractivity contribution in [2.75, 3.05) is 13.1 Å². The minimum atomic E-state index is -0.538. The van der Waals surface area contributed by atoms with Gasteiger partial charge in [0.1, 0.15) is 5.82 Å². The molecule has 1 saturated heterocycles. The second-order valence-electron chi connectivity index (χ2n) is 4.88. The summed E-state index contributed by atoms with van der Waals surface area (Å²) in [5.41, 5.74) is 6.36. The van der Waals surface area contributed by atoms with E-state index in [-0.39, 0.29) is 17.6 Å². The monoisotopic (exact) mass is 264 g/mol. The van der Waals surface area contributed by atoms with Crippen LogP contribution in [0.1, 0.15) is 41.6 Å². The highest BCUT2D eigenvalue weighted by Crippen LogP contribution is 2.30. The van der Waals surface area contributed by atoms with Crippen LogP contribution in [-0.4, -0.2) is 29.8 Å². The van der Waals surface area contributed by atoms with Gasteiger partial charge in [0.15, 0.2) is 0 Å². The normalized spacial score (nSPS) is 16.4. The van der Waals surface area contributed by atoms with Gasteiger partial charge in [-0.2, -0.15) is 0 Å². The number of halogens is 1. The first-order valence-electron chi connectivity index (χ1n) is 6.34. The first kappa shape index (κ1) is 13.5. The molecular formula is C14H17FN2O2. The lowest BCUT2D eigenvalue weighted by Gasteiger charge is -2.32. The predicted molar refractivity (Wildman–Crippen MR) is 69.1 cm³/mol. The highest BCUT2D eigenvalue weighted by molar-refractivity contribution is 5.94. The van der Waals surface area contributed by atoms with E-state index in [1.165, 1.54) is 25.1 Å². The lowest BCUT2D eigenvalue weighted by Crippen LogP contribution is -2.36. The molecule has 2 N–H and O–H groups in total. The van der Waals surface area contributed by atoms with Crippen LogP contribution in [0.15, 0.2) is 18.2 Å². The van der Waals surface area contributed by atoms with Crippen molar-refractivity contribution < 1.29 is 14.0 Å². The zero-order valence-electron chi connectivity index (χ0n) is 10.9. The highest BCUT2D eigenvalue weighted by Gasteiger charge is 2.25. The van der Waals surface area contributed by atoms with E-state index in [1.807, 2.05) is 0 Å². The Balaban J connectivity index is 2.21. The first-order chi connectivity index (χ1) is 8.99. The van der Waals surface area contributed by atoms with Gasteiger partial charge in [0, 0.05) is 25.6 Å². The van der Waals surface area contributed by atoms with Gasteiger partial charge in [-0.05, 0) is 42.5 Å². The molecule has 2 rings (SSSR count). The molecule has 0 radical (unpaired) electrons. The molecule has 2 amide bonds. The third-order valence-corrected chi connectivity index (χ3v) is 3.66. The molecule has 0 unspecified atom stereocenters. The summed E-state index contributed by atoms with van der Waals surface area (Å²) >= 11 is 0. The van der Waals surface area contributed by atoms with E-state index < -0.39 is 5.91 Å². The number of amides is 2. The number of nitrogens with zero attached hydrogens (tertiary/aromatic N) is 1. The zero-order valence-corrected chi connectivity index (χ0v) is 10.9. The molecule has 0 spiro atoms. The molecule has 1 aromatic rings. The minimum Gasteiger partial charge on any atom is -0.366 e. The van der Waals surface area contributed by atoms with E-state index in [9.17, 15) is 14.0 Å². The third-order valence-electron chi connectivity index (χ3n) is 3.66. The summed E-state index contributed by atoms with van der Waals surface area (Å²) in [7, 11) is 0. The average molecular weight is 264 g/mol. The van der Waals surface area contributed by atoms with Crippen molar-refractivity contribution in [3.63, 3.8) is 0 Å². The van der Waals surface area contributed by atoms with Gasteiger partial charge in [-0.15, -0.1) is 0 Å². The number of hydrogen-bond donors (Lipinski definition) is 1. The number of piperidine rings is 1. The molecule has 0 atom stereocenters. The highest BCUT2D eigenvalue weighted by atomic mass is 19.1.